The molecule has 0 unspecified atom stereocenters. The molecule has 0 fully saturated rings. The Balaban J connectivity index is 1.95. The maximum Gasteiger partial charge on any atom is 0.255 e. The number of carbonyl (C=O) groups is 1. The summed E-state index contributed by atoms with van der Waals surface area (Å²) in [4.78, 5) is 26.7. The summed E-state index contributed by atoms with van der Waals surface area (Å²) >= 11 is 0. The highest BCUT2D eigenvalue weighted by atomic mass is 19.2. The van der Waals surface area contributed by atoms with Crippen molar-refractivity contribution >= 4 is 22.5 Å². The number of nitrogens with one attached hydrogen (secondary N) is 2. The Bertz CT molecular complexity index is 1030. The van der Waals surface area contributed by atoms with Crippen LogP contribution >= 0.6 is 0 Å². The van der Waals surface area contributed by atoms with Gasteiger partial charge in [-0.25, -0.2) is 8.78 Å². The Kier molecular flexibility index (Phi) is 3.89. The van der Waals surface area contributed by atoms with Gasteiger partial charge in [-0.2, -0.15) is 0 Å². The average molecular weight is 328 g/mol. The minimum Gasteiger partial charge on any atom is -0.322 e. The number of hydrogen-bond donors (Lipinski definition) is 2. The van der Waals surface area contributed by atoms with Gasteiger partial charge in [-0.3, -0.25) is 9.59 Å². The van der Waals surface area contributed by atoms with Gasteiger partial charge in [0.25, 0.3) is 11.5 Å². The molecule has 1 aromatic heterocycles. The van der Waals surface area contributed by atoms with Gasteiger partial charge in [-0.1, -0.05) is 6.07 Å². The van der Waals surface area contributed by atoms with Crippen LogP contribution < -0.4 is 10.9 Å². The van der Waals surface area contributed by atoms with Crippen LogP contribution in [-0.2, 0) is 0 Å². The van der Waals surface area contributed by atoms with Crippen molar-refractivity contribution in [2.45, 2.75) is 13.8 Å². The van der Waals surface area contributed by atoms with Gasteiger partial charge < -0.3 is 10.3 Å². The summed E-state index contributed by atoms with van der Waals surface area (Å²) < 4.78 is 26.1. The fraction of sp³-hybridized carbons (Fsp3) is 0.111. The zero-order valence-corrected chi connectivity index (χ0v) is 13.0. The van der Waals surface area contributed by atoms with Gasteiger partial charge in [-0.15, -0.1) is 0 Å². The van der Waals surface area contributed by atoms with Gasteiger partial charge >= 0.3 is 0 Å². The summed E-state index contributed by atoms with van der Waals surface area (Å²) in [6.45, 7) is 3.60. The minimum absolute atomic E-state index is 0.00239. The zero-order chi connectivity index (χ0) is 17.4. The van der Waals surface area contributed by atoms with Gasteiger partial charge in [0.2, 0.25) is 0 Å². The number of amides is 1. The average Bonchev–Trinajstić information content (AvgIpc) is 2.55. The lowest BCUT2D eigenvalue weighted by atomic mass is 10.1. The monoisotopic (exact) mass is 328 g/mol. The number of H-pyrrole nitrogens is 1. The number of aryl methyl sites for hydroxylation is 1. The van der Waals surface area contributed by atoms with E-state index in [4.69, 9.17) is 0 Å². The molecule has 3 aromatic rings. The molecule has 2 aromatic carbocycles. The predicted octanol–water partition coefficient (Wildman–Crippen LogP) is 3.68. The lowest BCUT2D eigenvalue weighted by molar-refractivity contribution is 0.102. The molecule has 1 heterocycles. The van der Waals surface area contributed by atoms with E-state index in [2.05, 4.69) is 10.3 Å². The lowest BCUT2D eigenvalue weighted by Gasteiger charge is -2.09. The molecule has 0 atom stereocenters. The highest BCUT2D eigenvalue weighted by Gasteiger charge is 2.11. The molecular formula is C18H14F2N2O2. The Morgan fingerprint density at radius 2 is 1.75 bits per heavy atom. The first-order chi connectivity index (χ1) is 11.4. The minimum atomic E-state index is -1.09. The number of anilines is 1. The van der Waals surface area contributed by atoms with E-state index in [0.717, 1.165) is 23.1 Å². The summed E-state index contributed by atoms with van der Waals surface area (Å²) in [6.07, 6.45) is 0. The third kappa shape index (κ3) is 2.78. The quantitative estimate of drug-likeness (QED) is 0.754. The normalized spacial score (nSPS) is 10.8. The van der Waals surface area contributed by atoms with Crippen LogP contribution in [0.25, 0.3) is 10.9 Å². The second-order valence-corrected chi connectivity index (χ2v) is 5.55. The smallest absolute Gasteiger partial charge is 0.255 e. The van der Waals surface area contributed by atoms with Gasteiger partial charge in [0.1, 0.15) is 0 Å². The molecule has 0 radical (unpaired) electrons. The van der Waals surface area contributed by atoms with Crippen LogP contribution in [0.4, 0.5) is 14.5 Å². The fourth-order valence-corrected chi connectivity index (χ4v) is 2.48. The van der Waals surface area contributed by atoms with Crippen LogP contribution in [0.15, 0.2) is 41.2 Å². The Labute approximate surface area is 136 Å². The maximum atomic E-state index is 13.2. The van der Waals surface area contributed by atoms with E-state index in [1.807, 2.05) is 6.92 Å². The second kappa shape index (κ2) is 5.88. The molecule has 6 heteroatoms. The molecule has 2 N–H and O–H groups in total. The van der Waals surface area contributed by atoms with E-state index >= 15 is 0 Å². The van der Waals surface area contributed by atoms with Crippen LogP contribution in [0.1, 0.15) is 21.5 Å². The van der Waals surface area contributed by atoms with Crippen LogP contribution in [0.2, 0.25) is 0 Å². The number of carbonyl (C=O) groups excluding carboxylic acids is 1. The van der Waals surface area contributed by atoms with Crippen LogP contribution in [-0.4, -0.2) is 10.9 Å². The summed E-state index contributed by atoms with van der Waals surface area (Å²) in [7, 11) is 0. The Hall–Kier alpha value is -3.02. The number of pyridine rings is 1. The van der Waals surface area contributed by atoms with Crippen molar-refractivity contribution in [1.82, 2.24) is 4.98 Å². The number of hydrogen-bond acceptors (Lipinski definition) is 2. The summed E-state index contributed by atoms with van der Waals surface area (Å²) in [5, 5.41) is 3.47. The molecule has 122 valence electrons. The van der Waals surface area contributed by atoms with Crippen molar-refractivity contribution in [2.75, 3.05) is 5.32 Å². The number of rotatable bonds is 2. The summed E-state index contributed by atoms with van der Waals surface area (Å²) in [6, 6.07) is 8.03. The standard InChI is InChI=1S/C18H14F2N2O2/c1-9-10(2)17(23)22-16-8-12(4-5-13(9)16)21-18(24)11-3-6-14(19)15(20)7-11/h3-8H,1-2H3,(H,21,24)(H,22,23). The van der Waals surface area contributed by atoms with E-state index in [1.165, 1.54) is 6.07 Å². The van der Waals surface area contributed by atoms with Crippen molar-refractivity contribution in [3.05, 3.63) is 75.1 Å². The molecule has 0 aliphatic rings. The Morgan fingerprint density at radius 3 is 2.46 bits per heavy atom. The topological polar surface area (TPSA) is 62.0 Å². The number of aromatic amines is 1. The first kappa shape index (κ1) is 15.9. The Morgan fingerprint density at radius 1 is 1.00 bits per heavy atom. The molecule has 0 aliphatic carbocycles. The molecular weight excluding hydrogens is 314 g/mol. The third-order valence-electron chi connectivity index (χ3n) is 4.01. The lowest BCUT2D eigenvalue weighted by Crippen LogP contribution is -2.14. The highest BCUT2D eigenvalue weighted by molar-refractivity contribution is 6.05. The molecule has 24 heavy (non-hydrogen) atoms. The van der Waals surface area contributed by atoms with E-state index in [-0.39, 0.29) is 11.1 Å². The first-order valence-corrected chi connectivity index (χ1v) is 7.26. The SMILES string of the molecule is Cc1c(C)c2ccc(NC(=O)c3ccc(F)c(F)c3)cc2[nH]c1=O. The summed E-state index contributed by atoms with van der Waals surface area (Å²) in [5.74, 6) is -2.67. The van der Waals surface area contributed by atoms with Gasteiger partial charge in [0.05, 0.1) is 5.52 Å². The molecule has 4 nitrogen and oxygen atoms in total. The molecule has 0 spiro atoms. The van der Waals surface area contributed by atoms with Crippen LogP contribution in [0, 0.1) is 25.5 Å². The third-order valence-corrected chi connectivity index (χ3v) is 4.01. The second-order valence-electron chi connectivity index (χ2n) is 5.55. The largest absolute Gasteiger partial charge is 0.322 e. The van der Waals surface area contributed by atoms with Crippen LogP contribution in [0.5, 0.6) is 0 Å². The molecule has 0 saturated carbocycles. The van der Waals surface area contributed by atoms with E-state index < -0.39 is 17.5 Å². The van der Waals surface area contributed by atoms with Crippen molar-refractivity contribution in [3.63, 3.8) is 0 Å². The van der Waals surface area contributed by atoms with Gasteiger partial charge in [0, 0.05) is 22.2 Å². The van der Waals surface area contributed by atoms with Gasteiger partial charge in [-0.05, 0) is 49.7 Å². The number of aromatic nitrogens is 1. The van der Waals surface area contributed by atoms with Crippen molar-refractivity contribution in [2.24, 2.45) is 0 Å². The number of halogens is 2. The van der Waals surface area contributed by atoms with Crippen LogP contribution in [0.3, 0.4) is 0 Å². The molecule has 0 bridgehead atoms. The van der Waals surface area contributed by atoms with Crippen molar-refractivity contribution in [1.29, 1.82) is 0 Å². The molecule has 0 aliphatic heterocycles. The maximum absolute atomic E-state index is 13.2. The fourth-order valence-electron chi connectivity index (χ4n) is 2.48. The predicted molar refractivity (Wildman–Crippen MR) is 88.4 cm³/mol. The first-order valence-electron chi connectivity index (χ1n) is 7.26. The van der Waals surface area contributed by atoms with E-state index in [1.54, 1.807) is 25.1 Å². The van der Waals surface area contributed by atoms with E-state index in [0.29, 0.717) is 16.8 Å². The van der Waals surface area contributed by atoms with Gasteiger partial charge in [0.15, 0.2) is 11.6 Å². The molecule has 1 amide bonds. The zero-order valence-electron chi connectivity index (χ0n) is 13.0. The summed E-state index contributed by atoms with van der Waals surface area (Å²) in [5.41, 5.74) is 2.35. The highest BCUT2D eigenvalue weighted by Crippen LogP contribution is 2.21. The molecule has 0 saturated heterocycles. The number of benzene rings is 2. The van der Waals surface area contributed by atoms with Crippen molar-refractivity contribution < 1.29 is 13.6 Å². The number of fused-ring (bicyclic) bond motifs is 1. The molecule has 3 rings (SSSR count). The van der Waals surface area contributed by atoms with E-state index in [9.17, 15) is 18.4 Å². The van der Waals surface area contributed by atoms with Crippen molar-refractivity contribution in [3.8, 4) is 0 Å².